The summed E-state index contributed by atoms with van der Waals surface area (Å²) < 4.78 is 0.977. The Labute approximate surface area is 207 Å². The van der Waals surface area contributed by atoms with Gasteiger partial charge < -0.3 is 36.6 Å². The van der Waals surface area contributed by atoms with E-state index in [2.05, 4.69) is 38.5 Å². The van der Waals surface area contributed by atoms with Gasteiger partial charge in [0, 0.05) is 28.5 Å². The number of carbonyl (C=O) groups excluding carboxylic acids is 3. The standard InChI is InChI=1S/C20H25IN4O9/c21-12-5-3-11(4-6-12)17(29)22-9-1-2-15(26)24-14(19(32)33)10-23-20(34)25-13(18(30)31)7-8-16(27)28/h3-6,13-14H,1-2,7-10H2,(H,22,29)(H,24,26)(H,27,28)(H,30,31)(H,32,33)(H2,23,25,34)/t13-,14+/m0/s1. The lowest BCUT2D eigenvalue weighted by molar-refractivity contribution is -0.142. The Hall–Kier alpha value is -3.43. The van der Waals surface area contributed by atoms with Crippen molar-refractivity contribution >= 4 is 58.3 Å². The van der Waals surface area contributed by atoms with E-state index in [1.165, 1.54) is 0 Å². The minimum Gasteiger partial charge on any atom is -0.481 e. The normalized spacial score (nSPS) is 12.0. The lowest BCUT2D eigenvalue weighted by Gasteiger charge is -2.18. The van der Waals surface area contributed by atoms with E-state index in [4.69, 9.17) is 10.2 Å². The van der Waals surface area contributed by atoms with Gasteiger partial charge in [0.25, 0.3) is 5.91 Å². The minimum atomic E-state index is -1.48. The number of urea groups is 1. The van der Waals surface area contributed by atoms with Crippen molar-refractivity contribution in [1.29, 1.82) is 0 Å². The third-order valence-corrected chi connectivity index (χ3v) is 5.04. The molecular weight excluding hydrogens is 567 g/mol. The first-order valence-corrected chi connectivity index (χ1v) is 11.1. The summed E-state index contributed by atoms with van der Waals surface area (Å²) in [6.45, 7) is -0.356. The molecular formula is C20H25IN4O9. The first-order valence-electron chi connectivity index (χ1n) is 10.0. The van der Waals surface area contributed by atoms with Crippen LogP contribution >= 0.6 is 22.6 Å². The molecule has 7 N–H and O–H groups in total. The summed E-state index contributed by atoms with van der Waals surface area (Å²) in [6.07, 6.45) is -0.696. The highest BCUT2D eigenvalue weighted by Gasteiger charge is 2.24. The van der Waals surface area contributed by atoms with Gasteiger partial charge in [-0.3, -0.25) is 14.4 Å². The van der Waals surface area contributed by atoms with Crippen LogP contribution in [-0.2, 0) is 19.2 Å². The highest BCUT2D eigenvalue weighted by Crippen LogP contribution is 2.06. The number of carbonyl (C=O) groups is 6. The Balaban J connectivity index is 2.40. The molecule has 13 nitrogen and oxygen atoms in total. The Morgan fingerprint density at radius 2 is 1.44 bits per heavy atom. The third kappa shape index (κ3) is 11.4. The molecule has 0 radical (unpaired) electrons. The van der Waals surface area contributed by atoms with Crippen LogP contribution in [0.4, 0.5) is 4.79 Å². The second kappa shape index (κ2) is 14.7. The predicted molar refractivity (Wildman–Crippen MR) is 125 cm³/mol. The average molecular weight is 592 g/mol. The number of halogens is 1. The summed E-state index contributed by atoms with van der Waals surface area (Å²) in [7, 11) is 0. The molecule has 1 aromatic rings. The molecule has 0 aliphatic heterocycles. The molecule has 0 spiro atoms. The molecule has 0 unspecified atom stereocenters. The molecule has 0 saturated carbocycles. The predicted octanol–water partition coefficient (Wildman–Crippen LogP) is -0.0122. The zero-order valence-corrected chi connectivity index (χ0v) is 20.0. The summed E-state index contributed by atoms with van der Waals surface area (Å²) in [5.41, 5.74) is 0.466. The lowest BCUT2D eigenvalue weighted by atomic mass is 10.1. The summed E-state index contributed by atoms with van der Waals surface area (Å²) in [5.74, 6) is -5.05. The molecule has 186 valence electrons. The molecule has 0 heterocycles. The van der Waals surface area contributed by atoms with Crippen molar-refractivity contribution in [3.05, 3.63) is 33.4 Å². The van der Waals surface area contributed by atoms with E-state index in [9.17, 15) is 33.9 Å². The van der Waals surface area contributed by atoms with Gasteiger partial charge in [0.05, 0.1) is 6.54 Å². The fourth-order valence-electron chi connectivity index (χ4n) is 2.55. The van der Waals surface area contributed by atoms with Crippen molar-refractivity contribution < 1.29 is 44.1 Å². The van der Waals surface area contributed by atoms with Gasteiger partial charge in [0.15, 0.2) is 0 Å². The number of nitrogens with one attached hydrogen (secondary N) is 4. The lowest BCUT2D eigenvalue weighted by Crippen LogP contribution is -2.52. The molecule has 0 saturated heterocycles. The van der Waals surface area contributed by atoms with Gasteiger partial charge in [0.1, 0.15) is 12.1 Å². The van der Waals surface area contributed by atoms with E-state index in [-0.39, 0.29) is 31.7 Å². The Kier molecular flexibility index (Phi) is 12.3. The van der Waals surface area contributed by atoms with Crippen molar-refractivity contribution in [3.8, 4) is 0 Å². The Bertz CT molecular complexity index is 908. The number of benzene rings is 1. The number of hydrogen-bond donors (Lipinski definition) is 7. The van der Waals surface area contributed by atoms with Gasteiger partial charge in [-0.1, -0.05) is 0 Å². The van der Waals surface area contributed by atoms with Crippen molar-refractivity contribution in [2.24, 2.45) is 0 Å². The van der Waals surface area contributed by atoms with E-state index in [0.717, 1.165) is 3.57 Å². The van der Waals surface area contributed by atoms with Crippen LogP contribution in [0.15, 0.2) is 24.3 Å². The summed E-state index contributed by atoms with van der Waals surface area (Å²) >= 11 is 2.11. The second-order valence-corrected chi connectivity index (χ2v) is 8.25. The fraction of sp³-hybridized carbons (Fsp3) is 0.400. The molecule has 0 aromatic heterocycles. The molecule has 1 rings (SSSR count). The summed E-state index contributed by atoms with van der Waals surface area (Å²) in [4.78, 5) is 68.9. The van der Waals surface area contributed by atoms with Gasteiger partial charge >= 0.3 is 23.9 Å². The number of rotatable bonds is 14. The topological polar surface area (TPSA) is 211 Å². The summed E-state index contributed by atoms with van der Waals surface area (Å²) in [6, 6.07) is 2.88. The zero-order valence-electron chi connectivity index (χ0n) is 17.9. The molecule has 14 heteroatoms. The van der Waals surface area contributed by atoms with Crippen molar-refractivity contribution in [2.75, 3.05) is 13.1 Å². The molecule has 0 aliphatic carbocycles. The molecule has 34 heavy (non-hydrogen) atoms. The van der Waals surface area contributed by atoms with Crippen LogP contribution in [0.5, 0.6) is 0 Å². The molecule has 0 aliphatic rings. The number of amides is 4. The Morgan fingerprint density at radius 3 is 2.00 bits per heavy atom. The molecule has 0 bridgehead atoms. The van der Waals surface area contributed by atoms with Gasteiger partial charge in [0.2, 0.25) is 5.91 Å². The SMILES string of the molecule is O=C(O)CC[C@H](NC(=O)NC[C@@H](NC(=O)CCCNC(=O)c1ccc(I)cc1)C(=O)O)C(=O)O. The number of hydrogen-bond acceptors (Lipinski definition) is 6. The Morgan fingerprint density at radius 1 is 0.824 bits per heavy atom. The van der Waals surface area contributed by atoms with Gasteiger partial charge in [-0.15, -0.1) is 0 Å². The highest BCUT2D eigenvalue weighted by molar-refractivity contribution is 14.1. The number of aliphatic carboxylic acids is 3. The van der Waals surface area contributed by atoms with Crippen LogP contribution in [0.1, 0.15) is 36.0 Å². The molecule has 4 amide bonds. The van der Waals surface area contributed by atoms with Crippen molar-refractivity contribution in [2.45, 2.75) is 37.8 Å². The van der Waals surface area contributed by atoms with Crippen LogP contribution in [0.2, 0.25) is 0 Å². The smallest absolute Gasteiger partial charge is 0.328 e. The molecule has 1 aromatic carbocycles. The van der Waals surface area contributed by atoms with E-state index in [1.54, 1.807) is 24.3 Å². The van der Waals surface area contributed by atoms with E-state index >= 15 is 0 Å². The van der Waals surface area contributed by atoms with Crippen LogP contribution in [0, 0.1) is 3.57 Å². The number of carboxylic acid groups (broad SMARTS) is 3. The van der Waals surface area contributed by atoms with E-state index < -0.39 is 54.9 Å². The van der Waals surface area contributed by atoms with Crippen molar-refractivity contribution in [1.82, 2.24) is 21.3 Å². The first-order chi connectivity index (χ1) is 16.0. The monoisotopic (exact) mass is 592 g/mol. The van der Waals surface area contributed by atoms with Crippen LogP contribution in [0.3, 0.4) is 0 Å². The maximum absolute atomic E-state index is 12.0. The first kappa shape index (κ1) is 28.6. The van der Waals surface area contributed by atoms with Gasteiger partial charge in [-0.25, -0.2) is 14.4 Å². The highest BCUT2D eigenvalue weighted by atomic mass is 127. The summed E-state index contributed by atoms with van der Waals surface area (Å²) in [5, 5.41) is 35.9. The largest absolute Gasteiger partial charge is 0.481 e. The van der Waals surface area contributed by atoms with Crippen molar-refractivity contribution in [3.63, 3.8) is 0 Å². The minimum absolute atomic E-state index is 0.0841. The maximum atomic E-state index is 12.0. The van der Waals surface area contributed by atoms with Gasteiger partial charge in [-0.2, -0.15) is 0 Å². The van der Waals surface area contributed by atoms with Crippen LogP contribution in [0.25, 0.3) is 0 Å². The maximum Gasteiger partial charge on any atom is 0.328 e. The van der Waals surface area contributed by atoms with E-state index in [1.807, 2.05) is 5.32 Å². The van der Waals surface area contributed by atoms with E-state index in [0.29, 0.717) is 5.56 Å². The molecule has 0 fully saturated rings. The quantitative estimate of drug-likeness (QED) is 0.114. The molecule has 2 atom stereocenters. The fourth-order valence-corrected chi connectivity index (χ4v) is 2.91. The van der Waals surface area contributed by atoms with Crippen LogP contribution in [-0.4, -0.2) is 76.2 Å². The third-order valence-electron chi connectivity index (χ3n) is 4.32. The van der Waals surface area contributed by atoms with Crippen LogP contribution < -0.4 is 21.3 Å². The van der Waals surface area contributed by atoms with Gasteiger partial charge in [-0.05, 0) is 59.7 Å². The second-order valence-electron chi connectivity index (χ2n) is 7.00. The number of carboxylic acids is 3. The zero-order chi connectivity index (χ0) is 25.7. The average Bonchev–Trinajstić information content (AvgIpc) is 2.76.